The van der Waals surface area contributed by atoms with Gasteiger partial charge in [0.25, 0.3) is 12.3 Å². The Morgan fingerprint density at radius 2 is 2.02 bits per heavy atom. The lowest BCUT2D eigenvalue weighted by Gasteiger charge is -2.20. The van der Waals surface area contributed by atoms with Gasteiger partial charge in [-0.15, -0.1) is 0 Å². The summed E-state index contributed by atoms with van der Waals surface area (Å²) in [4.78, 5) is 39.3. The van der Waals surface area contributed by atoms with Crippen LogP contribution in [0, 0.1) is 17.7 Å². The van der Waals surface area contributed by atoms with Crippen molar-refractivity contribution < 1.29 is 22.8 Å². The van der Waals surface area contributed by atoms with Crippen LogP contribution in [0.2, 0.25) is 5.02 Å². The number of alkyl halides is 2. The topological polar surface area (TPSA) is 132 Å². The third kappa shape index (κ3) is 4.86. The zero-order valence-corrected chi connectivity index (χ0v) is 22.2. The molecule has 1 aliphatic carbocycles. The zero-order valence-electron chi connectivity index (χ0n) is 21.4. The fraction of sp³-hybridized carbons (Fsp3) is 0.259. The molecule has 1 aromatic carbocycles. The number of carbonyl (C=O) groups is 2. The molecule has 3 aromatic heterocycles. The van der Waals surface area contributed by atoms with Gasteiger partial charge in [0, 0.05) is 36.0 Å². The van der Waals surface area contributed by atoms with Crippen LogP contribution in [0.3, 0.4) is 0 Å². The van der Waals surface area contributed by atoms with E-state index in [1.165, 1.54) is 6.20 Å². The Kier molecular flexibility index (Phi) is 6.60. The molecule has 1 aliphatic heterocycles. The number of rotatable bonds is 7. The molecule has 0 bridgehead atoms. The van der Waals surface area contributed by atoms with Crippen LogP contribution in [0.4, 0.5) is 30.4 Å². The Labute approximate surface area is 236 Å². The fourth-order valence-electron chi connectivity index (χ4n) is 4.98. The van der Waals surface area contributed by atoms with Gasteiger partial charge < -0.3 is 11.1 Å². The van der Waals surface area contributed by atoms with Crippen molar-refractivity contribution in [2.45, 2.75) is 25.8 Å². The Morgan fingerprint density at radius 1 is 1.22 bits per heavy atom. The van der Waals surface area contributed by atoms with Crippen molar-refractivity contribution >= 4 is 40.6 Å². The van der Waals surface area contributed by atoms with Crippen LogP contribution in [-0.2, 0) is 4.79 Å². The van der Waals surface area contributed by atoms with Gasteiger partial charge in [-0.3, -0.25) is 24.2 Å². The number of hydrogen-bond donors (Lipinski definition) is 2. The normalized spacial score (nSPS) is 18.5. The third-order valence-corrected chi connectivity index (χ3v) is 7.61. The van der Waals surface area contributed by atoms with Crippen LogP contribution >= 0.6 is 11.6 Å². The first-order valence-electron chi connectivity index (χ1n) is 12.6. The summed E-state index contributed by atoms with van der Waals surface area (Å²) in [5.74, 6) is -0.803. The lowest BCUT2D eigenvalue weighted by Crippen LogP contribution is -2.29. The summed E-state index contributed by atoms with van der Waals surface area (Å²) in [7, 11) is 0. The molecule has 3 atom stereocenters. The van der Waals surface area contributed by atoms with Crippen LogP contribution in [0.25, 0.3) is 11.3 Å². The zero-order chi connectivity index (χ0) is 29.0. The van der Waals surface area contributed by atoms with Crippen molar-refractivity contribution in [3.8, 4) is 11.3 Å². The van der Waals surface area contributed by atoms with E-state index in [-0.39, 0.29) is 34.3 Å². The minimum absolute atomic E-state index is 0.0600. The van der Waals surface area contributed by atoms with Crippen LogP contribution in [0.1, 0.15) is 47.4 Å². The minimum atomic E-state index is -3.00. The van der Waals surface area contributed by atoms with Crippen LogP contribution < -0.4 is 16.0 Å². The molecule has 10 nitrogen and oxygen atoms in total. The van der Waals surface area contributed by atoms with Gasteiger partial charge in [0.1, 0.15) is 5.69 Å². The number of amides is 2. The van der Waals surface area contributed by atoms with Crippen molar-refractivity contribution in [3.63, 3.8) is 0 Å². The molecule has 2 aliphatic rings. The van der Waals surface area contributed by atoms with Crippen molar-refractivity contribution in [2.75, 3.05) is 22.5 Å². The summed E-state index contributed by atoms with van der Waals surface area (Å²) in [6, 6.07) is 3.45. The summed E-state index contributed by atoms with van der Waals surface area (Å²) < 4.78 is 43.3. The molecule has 4 heterocycles. The molecule has 2 fully saturated rings. The predicted molar refractivity (Wildman–Crippen MR) is 144 cm³/mol. The number of hydrogen-bond acceptors (Lipinski definition) is 7. The number of aromatic nitrogens is 5. The summed E-state index contributed by atoms with van der Waals surface area (Å²) in [6.07, 6.45) is 4.76. The van der Waals surface area contributed by atoms with Crippen molar-refractivity contribution in [3.05, 3.63) is 76.8 Å². The second-order valence-corrected chi connectivity index (χ2v) is 10.4. The summed E-state index contributed by atoms with van der Waals surface area (Å²) in [5, 5.41) is 6.55. The largest absolute Gasteiger partial charge is 0.396 e. The molecule has 0 spiro atoms. The quantitative estimate of drug-likeness (QED) is 0.317. The monoisotopic (exact) mass is 582 g/mol. The average molecular weight is 583 g/mol. The smallest absolute Gasteiger partial charge is 0.275 e. The first-order valence-corrected chi connectivity index (χ1v) is 13.0. The molecule has 3 N–H and O–H groups in total. The number of nitrogens with two attached hydrogens (primary N) is 1. The van der Waals surface area contributed by atoms with E-state index in [0.29, 0.717) is 29.7 Å². The van der Waals surface area contributed by atoms with E-state index in [1.807, 2.05) is 6.92 Å². The SMILES string of the molecule is C[C@H](c1cnc(N2C[C@H]3C[C@H]3C2=O)c(N)c1)n1cc(NC(=O)c2cncc(-c3c(C(F)F)ccc(Cl)c3F)n2)cn1. The van der Waals surface area contributed by atoms with E-state index in [4.69, 9.17) is 17.3 Å². The lowest BCUT2D eigenvalue weighted by atomic mass is 10.0. The molecule has 0 unspecified atom stereocenters. The third-order valence-electron chi connectivity index (χ3n) is 7.32. The fourth-order valence-corrected chi connectivity index (χ4v) is 5.14. The molecule has 14 heteroatoms. The standard InChI is InChI=1S/C27H22ClF3N8O2/c1-12(13-5-19(32)25(34-6-13)38-10-14-4-17(14)27(38)41)39-11-15(7-35-39)36-26(40)21-9-33-8-20(37-21)22-16(24(30)31)2-3-18(28)23(22)29/h2-3,5-9,11-12,14,17,24H,4,10,32H2,1H3,(H,36,40)/t12-,14-,17-/m1/s1. The number of nitrogens with zero attached hydrogens (tertiary/aromatic N) is 6. The predicted octanol–water partition coefficient (Wildman–Crippen LogP) is 4.89. The number of pyridine rings is 1. The molecule has 6 rings (SSSR count). The molecule has 1 saturated heterocycles. The van der Waals surface area contributed by atoms with Gasteiger partial charge in [-0.25, -0.2) is 23.1 Å². The molecule has 1 saturated carbocycles. The highest BCUT2D eigenvalue weighted by molar-refractivity contribution is 6.31. The summed E-state index contributed by atoms with van der Waals surface area (Å²) >= 11 is 5.80. The van der Waals surface area contributed by atoms with E-state index in [9.17, 15) is 22.8 Å². The van der Waals surface area contributed by atoms with E-state index in [2.05, 4.69) is 25.4 Å². The van der Waals surface area contributed by atoms with Gasteiger partial charge in [-0.05, 0) is 37.0 Å². The maximum absolute atomic E-state index is 14.7. The molecular weight excluding hydrogens is 561 g/mol. The van der Waals surface area contributed by atoms with E-state index in [0.717, 1.165) is 36.5 Å². The number of nitrogen functional groups attached to an aromatic ring is 1. The Morgan fingerprint density at radius 3 is 2.73 bits per heavy atom. The molecule has 0 radical (unpaired) electrons. The van der Waals surface area contributed by atoms with Crippen molar-refractivity contribution in [1.29, 1.82) is 0 Å². The molecule has 2 amide bonds. The minimum Gasteiger partial charge on any atom is -0.396 e. The van der Waals surface area contributed by atoms with Crippen LogP contribution in [-0.4, -0.2) is 43.1 Å². The lowest BCUT2D eigenvalue weighted by molar-refractivity contribution is -0.118. The van der Waals surface area contributed by atoms with Gasteiger partial charge >= 0.3 is 0 Å². The van der Waals surface area contributed by atoms with Gasteiger partial charge in [0.05, 0.1) is 46.7 Å². The first kappa shape index (κ1) is 26.7. The molecule has 4 aromatic rings. The van der Waals surface area contributed by atoms with Gasteiger partial charge in [-0.1, -0.05) is 17.7 Å². The molecular formula is C27H22ClF3N8O2. The summed E-state index contributed by atoms with van der Waals surface area (Å²) in [5.41, 5.74) is 6.03. The summed E-state index contributed by atoms with van der Waals surface area (Å²) in [6.45, 7) is 2.49. The Balaban J connectivity index is 1.18. The van der Waals surface area contributed by atoms with E-state index in [1.54, 1.807) is 28.0 Å². The second-order valence-electron chi connectivity index (χ2n) is 9.99. The number of fused-ring (bicyclic) bond motifs is 1. The first-order chi connectivity index (χ1) is 19.6. The maximum atomic E-state index is 14.7. The van der Waals surface area contributed by atoms with Crippen LogP contribution in [0.5, 0.6) is 0 Å². The molecule has 210 valence electrons. The number of nitrogens with one attached hydrogen (secondary N) is 1. The number of piperidine rings is 1. The highest BCUT2D eigenvalue weighted by atomic mass is 35.5. The number of anilines is 3. The van der Waals surface area contributed by atoms with Crippen molar-refractivity contribution in [2.24, 2.45) is 11.8 Å². The number of halogens is 4. The van der Waals surface area contributed by atoms with Crippen molar-refractivity contribution in [1.82, 2.24) is 24.7 Å². The van der Waals surface area contributed by atoms with Gasteiger partial charge in [0.15, 0.2) is 11.6 Å². The Hall–Kier alpha value is -4.52. The number of carbonyl (C=O) groups excluding carboxylic acids is 2. The maximum Gasteiger partial charge on any atom is 0.275 e. The average Bonchev–Trinajstić information content (AvgIpc) is 3.45. The van der Waals surface area contributed by atoms with Gasteiger partial charge in [-0.2, -0.15) is 5.10 Å². The van der Waals surface area contributed by atoms with Gasteiger partial charge in [0.2, 0.25) is 5.91 Å². The molecule has 41 heavy (non-hydrogen) atoms. The highest BCUT2D eigenvalue weighted by Gasteiger charge is 2.53. The van der Waals surface area contributed by atoms with E-state index >= 15 is 0 Å². The number of benzene rings is 1. The van der Waals surface area contributed by atoms with Crippen LogP contribution in [0.15, 0.2) is 49.2 Å². The highest BCUT2D eigenvalue weighted by Crippen LogP contribution is 2.48. The second kappa shape index (κ2) is 10.1. The van der Waals surface area contributed by atoms with E-state index < -0.39 is 29.3 Å². The Bertz CT molecular complexity index is 1700.